The van der Waals surface area contributed by atoms with E-state index in [1.807, 2.05) is 0 Å². The van der Waals surface area contributed by atoms with Gasteiger partial charge in [-0.1, -0.05) is 294 Å². The Morgan fingerprint density at radius 3 is 0.796 bits per heavy atom. The van der Waals surface area contributed by atoms with Gasteiger partial charge in [-0.15, -0.1) is 0 Å². The minimum absolute atomic E-state index is 0.410. The van der Waals surface area contributed by atoms with Crippen LogP contribution in [0.4, 0.5) is 51.2 Å². The van der Waals surface area contributed by atoms with Crippen molar-refractivity contribution in [2.24, 2.45) is 53.3 Å². The van der Waals surface area contributed by atoms with Gasteiger partial charge in [0.15, 0.2) is 0 Å². The molecule has 0 atom stereocenters. The average Bonchev–Trinajstić information content (AvgIpc) is 0.738. The van der Waals surface area contributed by atoms with Crippen LogP contribution in [0.3, 0.4) is 0 Å². The van der Waals surface area contributed by atoms with Crippen molar-refractivity contribution in [1.29, 1.82) is 0 Å². The molecule has 3 heteroatoms. The van der Waals surface area contributed by atoms with E-state index < -0.39 is 0 Å². The van der Waals surface area contributed by atoms with Crippen molar-refractivity contribution < 1.29 is 0 Å². The van der Waals surface area contributed by atoms with Gasteiger partial charge in [-0.2, -0.15) is 0 Å². The lowest BCUT2D eigenvalue weighted by atomic mass is 9.48. The fourth-order valence-electron chi connectivity index (χ4n) is 31.4. The lowest BCUT2D eigenvalue weighted by Gasteiger charge is -2.57. The maximum atomic E-state index is 2.51. The Kier molecular flexibility index (Phi) is 23.8. The molecule has 3 nitrogen and oxygen atoms in total. The molecule has 0 unspecified atom stereocenters. The summed E-state index contributed by atoms with van der Waals surface area (Å²) in [5, 5.41) is 5.18. The molecule has 137 heavy (non-hydrogen) atoms. The van der Waals surface area contributed by atoms with E-state index in [0.717, 1.165) is 65.1 Å². The predicted molar refractivity (Wildman–Crippen MR) is 577 cm³/mol. The third-order valence-electron chi connectivity index (χ3n) is 36.8. The summed E-state index contributed by atoms with van der Waals surface area (Å²) in [6.07, 6.45) is 46.6. The van der Waals surface area contributed by atoms with Crippen molar-refractivity contribution in [1.82, 2.24) is 0 Å². The number of benzene rings is 15. The van der Waals surface area contributed by atoms with Gasteiger partial charge in [0, 0.05) is 51.2 Å². The topological polar surface area (TPSA) is 9.72 Å². The summed E-state index contributed by atoms with van der Waals surface area (Å²) < 4.78 is 0. The molecule has 0 radical (unpaired) electrons. The van der Waals surface area contributed by atoms with Crippen LogP contribution in [0.25, 0.3) is 66.1 Å². The first-order valence-electron chi connectivity index (χ1n) is 54.0. The van der Waals surface area contributed by atoms with Crippen LogP contribution < -0.4 is 14.7 Å². The van der Waals surface area contributed by atoms with Gasteiger partial charge in [0.1, 0.15) is 0 Å². The molecule has 15 aliphatic carbocycles. The Bertz CT molecular complexity index is 6520. The number of rotatable bonds is 19. The van der Waals surface area contributed by atoms with E-state index in [4.69, 9.17) is 0 Å². The quantitative estimate of drug-likeness (QED) is 0.0799. The first-order valence-corrected chi connectivity index (χ1v) is 54.0. The summed E-state index contributed by atoms with van der Waals surface area (Å²) in [7, 11) is 0. The SMILES string of the molecule is c1ccc(-c2cc(-c3ccccc3)cc(N(c3ccc(C4CCCCC4)cc3)c3ccc(C45CC6CC(CC(C6)C4)C5)cc3)c2)cc1.c1ccc2c(-c3ccc(N(c4ccc(C5CCCCC5)cc4)c4ccc(C56CC7CC(CC(C7)C5)C6)cc4)cc3)cccc2c1.c1ccc2cc(-c3ccc(N(c4ccc(C5CCCCC5)cc4)c4ccc(C56CC7CC(CC(C7)C5)C6)cc4)cc3)ccc2c1. The van der Waals surface area contributed by atoms with Crippen LogP contribution in [0.5, 0.6) is 0 Å². The summed E-state index contributed by atoms with van der Waals surface area (Å²) in [5.74, 6) is 10.8. The minimum Gasteiger partial charge on any atom is -0.311 e. The van der Waals surface area contributed by atoms with E-state index in [9.17, 15) is 0 Å². The molecule has 0 spiro atoms. The highest BCUT2D eigenvalue weighted by molar-refractivity contribution is 5.97. The molecule has 0 aliphatic heterocycles. The molecule has 0 N–H and O–H groups in total. The predicted octanol–water partition coefficient (Wildman–Crippen LogP) is 38.0. The van der Waals surface area contributed by atoms with Crippen LogP contribution in [0.1, 0.15) is 263 Å². The summed E-state index contributed by atoms with van der Waals surface area (Å²) in [5.41, 5.74) is 31.8. The Hall–Kier alpha value is -11.8. The zero-order chi connectivity index (χ0) is 90.8. The van der Waals surface area contributed by atoms with Gasteiger partial charge in [-0.25, -0.2) is 0 Å². The normalized spacial score (nSPS) is 25.6. The number of hydrogen-bond donors (Lipinski definition) is 0. The van der Waals surface area contributed by atoms with Crippen molar-refractivity contribution in [3.8, 4) is 44.5 Å². The summed E-state index contributed by atoms with van der Waals surface area (Å²) in [6.45, 7) is 0. The Balaban J connectivity index is 0.000000109. The van der Waals surface area contributed by atoms with Gasteiger partial charge in [0.05, 0.1) is 0 Å². The first kappa shape index (κ1) is 86.8. The van der Waals surface area contributed by atoms with Crippen molar-refractivity contribution >= 4 is 72.7 Å². The van der Waals surface area contributed by atoms with Gasteiger partial charge < -0.3 is 14.7 Å². The van der Waals surface area contributed by atoms with Crippen molar-refractivity contribution in [3.05, 3.63) is 391 Å². The third-order valence-corrected chi connectivity index (χ3v) is 36.8. The number of anilines is 9. The van der Waals surface area contributed by atoms with Crippen LogP contribution in [-0.2, 0) is 16.2 Å². The summed E-state index contributed by atoms with van der Waals surface area (Å²) in [6, 6.07) is 136. The molecule has 15 aromatic rings. The molecule has 15 fully saturated rings. The largest absolute Gasteiger partial charge is 0.311 e. The third kappa shape index (κ3) is 17.7. The molecule has 15 aliphatic rings. The van der Waals surface area contributed by atoms with Crippen LogP contribution >= 0.6 is 0 Å². The molecule has 0 saturated heterocycles. The molecule has 12 bridgehead atoms. The maximum Gasteiger partial charge on any atom is 0.0473 e. The van der Waals surface area contributed by atoms with Crippen molar-refractivity contribution in [3.63, 3.8) is 0 Å². The van der Waals surface area contributed by atoms with E-state index in [1.54, 1.807) is 16.7 Å². The van der Waals surface area contributed by atoms with Gasteiger partial charge in [-0.05, 0) is 462 Å². The fourth-order valence-corrected chi connectivity index (χ4v) is 31.4. The average molecular weight is 1790 g/mol. The second-order valence-electron chi connectivity index (χ2n) is 45.7. The maximum absolute atomic E-state index is 2.51. The van der Waals surface area contributed by atoms with Crippen LogP contribution in [-0.4, -0.2) is 0 Å². The molecular formula is C134H137N3. The highest BCUT2D eigenvalue weighted by Gasteiger charge is 2.54. The van der Waals surface area contributed by atoms with Gasteiger partial charge >= 0.3 is 0 Å². The lowest BCUT2D eigenvalue weighted by molar-refractivity contribution is -0.00530. The molecule has 688 valence electrons. The monoisotopic (exact) mass is 1790 g/mol. The van der Waals surface area contributed by atoms with Crippen LogP contribution in [0.2, 0.25) is 0 Å². The zero-order valence-corrected chi connectivity index (χ0v) is 80.7. The second kappa shape index (κ2) is 37.5. The van der Waals surface area contributed by atoms with Crippen molar-refractivity contribution in [2.75, 3.05) is 14.7 Å². The molecule has 30 rings (SSSR count). The highest BCUT2D eigenvalue weighted by Crippen LogP contribution is 2.65. The van der Waals surface area contributed by atoms with Crippen molar-refractivity contribution in [2.45, 2.75) is 246 Å². The smallest absolute Gasteiger partial charge is 0.0473 e. The molecule has 0 aromatic heterocycles. The van der Waals surface area contributed by atoms with Crippen LogP contribution in [0.15, 0.2) is 358 Å². The fraction of sp³-hybridized carbons (Fsp3) is 0.358. The number of fused-ring (bicyclic) bond motifs is 2. The Morgan fingerprint density at radius 1 is 0.175 bits per heavy atom. The molecular weight excluding hydrogens is 1650 g/mol. The number of nitrogens with zero attached hydrogens (tertiary/aromatic N) is 3. The van der Waals surface area contributed by atoms with Gasteiger partial charge in [-0.3, -0.25) is 0 Å². The second-order valence-corrected chi connectivity index (χ2v) is 45.7. The lowest BCUT2D eigenvalue weighted by Crippen LogP contribution is -2.48. The molecule has 15 aromatic carbocycles. The van der Waals surface area contributed by atoms with E-state index in [2.05, 4.69) is 373 Å². The Morgan fingerprint density at radius 2 is 0.445 bits per heavy atom. The molecule has 0 heterocycles. The molecule has 15 saturated carbocycles. The van der Waals surface area contributed by atoms with Crippen LogP contribution in [0, 0.1) is 53.3 Å². The number of hydrogen-bond acceptors (Lipinski definition) is 3. The first-order chi connectivity index (χ1) is 67.6. The van der Waals surface area contributed by atoms with Gasteiger partial charge in [0.2, 0.25) is 0 Å². The minimum atomic E-state index is 0.410. The van der Waals surface area contributed by atoms with Gasteiger partial charge in [0.25, 0.3) is 0 Å². The van der Waals surface area contributed by atoms with E-state index >= 15 is 0 Å². The zero-order valence-electron chi connectivity index (χ0n) is 80.7. The Labute approximate surface area is 816 Å². The molecule has 0 amide bonds. The summed E-state index contributed by atoms with van der Waals surface area (Å²) >= 11 is 0. The van der Waals surface area contributed by atoms with E-state index in [0.29, 0.717) is 22.2 Å². The standard InChI is InChI=1S/C46H47N.2C44H45N/c1-4-10-36(11-5-1)39-16-20-43(21-17-39)47(44-22-18-42(19-23-44)46-30-33-24-34(31-46)26-35(25-33)32-46)45-28-40(37-12-6-2-7-13-37)27-41(29-45)38-14-8-3-9-15-38;1-2-7-34(8-3-1)35-13-19-39(20-14-35)45(40-21-15-37(16-22-40)43-12-6-10-36-9-4-5-11-42(36)43)41-23-17-38(18-24-41)44-28-31-25-32(29-44)27-33(26-31)30-44;1-2-6-34(7-3-1)36-12-18-41(19-13-36)45(42-20-14-37(15-21-42)39-11-10-35-8-4-5-9-38(35)27-39)43-22-16-40(17-23-43)44-28-31-24-32(29-44)26-33(25-31)30-44/h2-3,6-9,12-23,27-29,33-36H,1,4-5,10-11,24-26,30-32H2;4-6,9-24,31-34H,1-3,7-8,25-30H2;4-5,8-23,27,31-34H,1-3,6-7,24-26,28-30H2. The van der Waals surface area contributed by atoms with E-state index in [1.165, 1.54) is 346 Å². The van der Waals surface area contributed by atoms with E-state index in [-0.39, 0.29) is 0 Å². The summed E-state index contributed by atoms with van der Waals surface area (Å²) in [4.78, 5) is 7.45. The highest BCUT2D eigenvalue weighted by atomic mass is 15.2.